The smallest absolute Gasteiger partial charge is 0.293 e. The van der Waals surface area contributed by atoms with Gasteiger partial charge in [0.15, 0.2) is 0 Å². The highest BCUT2D eigenvalue weighted by Gasteiger charge is 2.19. The number of hydrogen-bond donors (Lipinski definition) is 1. The van der Waals surface area contributed by atoms with Crippen LogP contribution >= 0.6 is 11.6 Å². The molecule has 1 saturated heterocycles. The van der Waals surface area contributed by atoms with Crippen LogP contribution in [0.3, 0.4) is 0 Å². The van der Waals surface area contributed by atoms with Gasteiger partial charge in [-0.25, -0.2) is 4.98 Å². The summed E-state index contributed by atoms with van der Waals surface area (Å²) in [5, 5.41) is 1.59. The molecule has 3 heterocycles. The zero-order valence-electron chi connectivity index (χ0n) is 19.2. The first-order valence-electron chi connectivity index (χ1n) is 10.1. The molecule has 1 atom stereocenters. The fraction of sp³-hybridized carbons (Fsp3) is 0.636. The molecule has 0 amide bonds. The topological polar surface area (TPSA) is 67.5 Å². The number of aromatic nitrogens is 2. The number of nitrogens with zero attached hydrogens (tertiary/aromatic N) is 2. The van der Waals surface area contributed by atoms with Crippen molar-refractivity contribution in [3.63, 3.8) is 0 Å². The van der Waals surface area contributed by atoms with Gasteiger partial charge in [-0.2, -0.15) is 0 Å². The van der Waals surface area contributed by atoms with E-state index in [4.69, 9.17) is 16.3 Å². The van der Waals surface area contributed by atoms with Gasteiger partial charge in [0.2, 0.25) is 0 Å². The molecular weight excluding hydrogens is 390 g/mol. The van der Waals surface area contributed by atoms with Gasteiger partial charge in [-0.05, 0) is 65.8 Å². The van der Waals surface area contributed by atoms with Crippen molar-refractivity contribution in [3.05, 3.63) is 29.2 Å². The molecule has 0 bridgehead atoms. The van der Waals surface area contributed by atoms with Crippen molar-refractivity contribution in [2.45, 2.75) is 66.0 Å². The Balaban J connectivity index is 0.000000399. The number of likely N-dealkylation sites (N-methyl/N-ethyl adjacent to an activating group) is 1. The second-order valence-electron chi connectivity index (χ2n) is 7.55. The van der Waals surface area contributed by atoms with Crippen LogP contribution in [-0.2, 0) is 14.3 Å². The largest absolute Gasteiger partial charge is 0.462 e. The van der Waals surface area contributed by atoms with Gasteiger partial charge in [0.05, 0.1) is 12.1 Å². The Morgan fingerprint density at radius 3 is 2.45 bits per heavy atom. The molecule has 1 fully saturated rings. The van der Waals surface area contributed by atoms with Gasteiger partial charge in [0.25, 0.3) is 6.47 Å². The summed E-state index contributed by atoms with van der Waals surface area (Å²) in [7, 11) is 3.93. The first-order valence-corrected chi connectivity index (χ1v) is 10.5. The van der Waals surface area contributed by atoms with Crippen LogP contribution in [0, 0.1) is 6.92 Å². The molecule has 166 valence electrons. The average molecular weight is 428 g/mol. The third-order valence-corrected chi connectivity index (χ3v) is 4.46. The number of carbonyl (C=O) groups excluding carboxylic acids is 1. The lowest BCUT2D eigenvalue weighted by molar-refractivity contribution is -0.138. The van der Waals surface area contributed by atoms with E-state index in [9.17, 15) is 4.79 Å². The van der Waals surface area contributed by atoms with E-state index in [1.807, 2.05) is 53.8 Å². The van der Waals surface area contributed by atoms with Crippen molar-refractivity contribution in [2.75, 3.05) is 27.3 Å². The first kappa shape index (κ1) is 27.4. The number of fused-ring (bicyclic) bond motifs is 1. The highest BCUT2D eigenvalue weighted by Crippen LogP contribution is 2.23. The number of aromatic amines is 1. The van der Waals surface area contributed by atoms with Crippen LogP contribution in [0.1, 0.15) is 53.0 Å². The molecule has 1 N–H and O–H groups in total. The minimum Gasteiger partial charge on any atom is -0.462 e. The Hall–Kier alpha value is -1.63. The fourth-order valence-corrected chi connectivity index (χ4v) is 3.02. The summed E-state index contributed by atoms with van der Waals surface area (Å²) < 4.78 is 9.60. The third kappa shape index (κ3) is 10.6. The first-order chi connectivity index (χ1) is 13.7. The molecule has 0 radical (unpaired) electrons. The zero-order chi connectivity index (χ0) is 22.4. The van der Waals surface area contributed by atoms with Gasteiger partial charge in [-0.3, -0.25) is 4.79 Å². The zero-order valence-corrected chi connectivity index (χ0v) is 20.0. The Bertz CT molecular complexity index is 698. The molecule has 1 aliphatic rings. The Kier molecular flexibility index (Phi) is 13.6. The van der Waals surface area contributed by atoms with Crippen LogP contribution < -0.4 is 0 Å². The number of hydrogen-bond acceptors (Lipinski definition) is 5. The second kappa shape index (κ2) is 14.4. The van der Waals surface area contributed by atoms with Crippen molar-refractivity contribution in [3.8, 4) is 0 Å². The lowest BCUT2D eigenvalue weighted by Crippen LogP contribution is -2.28. The molecule has 7 heteroatoms. The number of pyridine rings is 1. The number of methoxy groups -OCH3 is 1. The molecule has 1 unspecified atom stereocenters. The van der Waals surface area contributed by atoms with E-state index in [0.29, 0.717) is 17.7 Å². The lowest BCUT2D eigenvalue weighted by Gasteiger charge is -2.17. The number of H-pyrrole nitrogens is 1. The van der Waals surface area contributed by atoms with E-state index >= 15 is 0 Å². The minimum absolute atomic E-state index is 0.318. The molecule has 2 aromatic heterocycles. The number of likely N-dealkylation sites (tertiary alicyclic amines) is 1. The maximum absolute atomic E-state index is 9.60. The number of ether oxygens (including phenoxy) is 2. The molecule has 1 aliphatic heterocycles. The molecule has 6 nitrogen and oxygen atoms in total. The second-order valence-corrected chi connectivity index (χ2v) is 7.91. The van der Waals surface area contributed by atoms with Crippen molar-refractivity contribution in [2.24, 2.45) is 0 Å². The number of aryl methyl sites for hydroxylation is 1. The van der Waals surface area contributed by atoms with Crippen molar-refractivity contribution < 1.29 is 14.3 Å². The van der Waals surface area contributed by atoms with Gasteiger partial charge in [-0.1, -0.05) is 25.4 Å². The van der Waals surface area contributed by atoms with Gasteiger partial charge < -0.3 is 19.4 Å². The molecule has 0 spiro atoms. The van der Waals surface area contributed by atoms with E-state index < -0.39 is 0 Å². The van der Waals surface area contributed by atoms with E-state index in [1.165, 1.54) is 19.4 Å². The Labute approximate surface area is 180 Å². The summed E-state index contributed by atoms with van der Waals surface area (Å²) in [6.07, 6.45) is 6.27. The molecule has 29 heavy (non-hydrogen) atoms. The van der Waals surface area contributed by atoms with E-state index in [1.54, 1.807) is 13.3 Å². The van der Waals surface area contributed by atoms with Crippen LogP contribution in [0.4, 0.5) is 0 Å². The van der Waals surface area contributed by atoms with E-state index in [0.717, 1.165) is 23.1 Å². The summed E-state index contributed by atoms with van der Waals surface area (Å²) in [5.41, 5.74) is 1.86. The predicted molar refractivity (Wildman–Crippen MR) is 122 cm³/mol. The normalized spacial score (nSPS) is 16.0. The van der Waals surface area contributed by atoms with Crippen LogP contribution in [-0.4, -0.2) is 60.3 Å². The SMILES string of the molecule is CC.CC(C)(C)OC=O.COCC1CCCN1C.Cc1c[nH]c2ccnc(Cl)c12. The number of carbonyl (C=O) groups is 1. The van der Waals surface area contributed by atoms with Crippen LogP contribution in [0.25, 0.3) is 10.9 Å². The standard InChI is InChI=1S/C8H7ClN2.C7H15NO.C5H10O2.C2H6/c1-5-4-11-6-2-3-10-8(9)7(5)6;1-8-5-3-4-7(8)6-9-2;1-5(2,3)7-4-6;1-2/h2-4,11H,1H3;7H,3-6H2,1-2H3;4H,1-3H3;1-2H3. The van der Waals surface area contributed by atoms with Crippen molar-refractivity contribution in [1.29, 1.82) is 0 Å². The van der Waals surface area contributed by atoms with Crippen LogP contribution in [0.2, 0.25) is 5.15 Å². The monoisotopic (exact) mass is 427 g/mol. The molecular formula is C22H38ClN3O3. The molecule has 0 aromatic carbocycles. The summed E-state index contributed by atoms with van der Waals surface area (Å²) >= 11 is 5.87. The fourth-order valence-electron chi connectivity index (χ4n) is 2.72. The molecule has 0 aliphatic carbocycles. The number of rotatable bonds is 3. The van der Waals surface area contributed by atoms with Crippen molar-refractivity contribution >= 4 is 29.0 Å². The molecule has 0 saturated carbocycles. The summed E-state index contributed by atoms with van der Waals surface area (Å²) in [6, 6.07) is 2.60. The Morgan fingerprint density at radius 1 is 1.38 bits per heavy atom. The highest BCUT2D eigenvalue weighted by atomic mass is 35.5. The van der Waals surface area contributed by atoms with Crippen LogP contribution in [0.5, 0.6) is 0 Å². The summed E-state index contributed by atoms with van der Waals surface area (Å²) in [5.74, 6) is 0. The lowest BCUT2D eigenvalue weighted by atomic mass is 10.2. The quantitative estimate of drug-likeness (QED) is 0.536. The molecule has 2 aromatic rings. The van der Waals surface area contributed by atoms with Crippen molar-refractivity contribution in [1.82, 2.24) is 14.9 Å². The maximum Gasteiger partial charge on any atom is 0.293 e. The third-order valence-electron chi connectivity index (χ3n) is 4.18. The van der Waals surface area contributed by atoms with E-state index in [2.05, 4.69) is 26.7 Å². The summed E-state index contributed by atoms with van der Waals surface area (Å²) in [4.78, 5) is 19.1. The highest BCUT2D eigenvalue weighted by molar-refractivity contribution is 6.34. The summed E-state index contributed by atoms with van der Waals surface area (Å²) in [6.45, 7) is 14.1. The number of nitrogens with one attached hydrogen (secondary N) is 1. The van der Waals surface area contributed by atoms with Gasteiger partial charge in [0, 0.05) is 30.9 Å². The maximum atomic E-state index is 9.60. The Morgan fingerprint density at radius 2 is 2.03 bits per heavy atom. The molecule has 3 rings (SSSR count). The minimum atomic E-state index is -0.318. The van der Waals surface area contributed by atoms with Gasteiger partial charge in [0.1, 0.15) is 10.8 Å². The number of halogens is 1. The van der Waals surface area contributed by atoms with Crippen LogP contribution in [0.15, 0.2) is 18.5 Å². The predicted octanol–water partition coefficient (Wildman–Crippen LogP) is 5.24. The average Bonchev–Trinajstić information content (AvgIpc) is 3.24. The van der Waals surface area contributed by atoms with Gasteiger partial charge >= 0.3 is 0 Å². The van der Waals surface area contributed by atoms with E-state index in [-0.39, 0.29) is 5.60 Å². The van der Waals surface area contributed by atoms with Gasteiger partial charge in [-0.15, -0.1) is 0 Å².